The van der Waals surface area contributed by atoms with E-state index in [4.69, 9.17) is 15.2 Å². The minimum absolute atomic E-state index is 0.0396. The van der Waals surface area contributed by atoms with Crippen LogP contribution in [0.15, 0.2) is 108 Å². The van der Waals surface area contributed by atoms with Crippen LogP contribution >= 0.6 is 0 Å². The van der Waals surface area contributed by atoms with E-state index in [1.807, 2.05) is 71.9 Å². The maximum absolute atomic E-state index is 13.4. The maximum Gasteiger partial charge on any atom is 0.422 e. The van der Waals surface area contributed by atoms with E-state index < -0.39 is 22.9 Å². The molecule has 56 heavy (non-hydrogen) atoms. The van der Waals surface area contributed by atoms with Crippen LogP contribution in [0.3, 0.4) is 0 Å². The van der Waals surface area contributed by atoms with Crippen LogP contribution in [0.1, 0.15) is 16.1 Å². The second-order valence-corrected chi connectivity index (χ2v) is 14.8. The normalized spacial score (nSPS) is 13.7. The van der Waals surface area contributed by atoms with Crippen molar-refractivity contribution in [3.63, 3.8) is 0 Å². The number of piperazine rings is 1. The number of amides is 1. The topological polar surface area (TPSA) is 143 Å². The average Bonchev–Trinajstić information content (AvgIpc) is 3.49. The number of carbonyl (C=O) groups excluding carboxylic acids is 1. The van der Waals surface area contributed by atoms with Crippen molar-refractivity contribution in [1.82, 2.24) is 19.4 Å². The predicted molar refractivity (Wildman–Crippen MR) is 209 cm³/mol. The Morgan fingerprint density at radius 2 is 1.57 bits per heavy atom. The highest BCUT2D eigenvalue weighted by Gasteiger charge is 2.28. The van der Waals surface area contributed by atoms with Gasteiger partial charge < -0.3 is 29.6 Å². The number of nitrogen functional groups attached to an aromatic ring is 1. The van der Waals surface area contributed by atoms with Crippen molar-refractivity contribution in [2.75, 3.05) is 57.5 Å². The number of hydrogen-bond acceptors (Lipinski definition) is 9. The summed E-state index contributed by atoms with van der Waals surface area (Å²) in [4.78, 5) is 23.4. The summed E-state index contributed by atoms with van der Waals surface area (Å²) in [6.45, 7) is 1.86. The van der Waals surface area contributed by atoms with Gasteiger partial charge in [-0.1, -0.05) is 36.4 Å². The van der Waals surface area contributed by atoms with Gasteiger partial charge in [-0.15, -0.1) is 0 Å². The van der Waals surface area contributed by atoms with Crippen LogP contribution in [-0.4, -0.2) is 91.3 Å². The third kappa shape index (κ3) is 9.69. The molecule has 2 aromatic heterocycles. The third-order valence-corrected chi connectivity index (χ3v) is 10.1. The SMILES string of the molecule is CN(C)c1cccc2c(S(=O)(=O)O)cccc12.Cn1c(C(=O)N2CCN(Cc3ccc(OCC(F)(F)F)cc3)CC2)cc2ccc(Oc3ccc(N)cn3)cc21. The highest BCUT2D eigenvalue weighted by molar-refractivity contribution is 7.86. The molecule has 0 aliphatic carbocycles. The average molecular weight is 791 g/mol. The maximum atomic E-state index is 13.4. The summed E-state index contributed by atoms with van der Waals surface area (Å²) in [5.74, 6) is 1.18. The Labute approximate surface area is 322 Å². The van der Waals surface area contributed by atoms with E-state index in [0.29, 0.717) is 61.1 Å². The van der Waals surface area contributed by atoms with Crippen LogP contribution in [0.2, 0.25) is 0 Å². The van der Waals surface area contributed by atoms with Gasteiger partial charge in [0.05, 0.1) is 17.4 Å². The van der Waals surface area contributed by atoms with E-state index in [1.165, 1.54) is 12.3 Å². The van der Waals surface area contributed by atoms with Gasteiger partial charge in [0.15, 0.2) is 6.61 Å². The van der Waals surface area contributed by atoms with Crippen molar-refractivity contribution < 1.29 is 40.4 Å². The molecule has 1 amide bonds. The second-order valence-electron chi connectivity index (χ2n) is 13.5. The lowest BCUT2D eigenvalue weighted by Crippen LogP contribution is -2.48. The zero-order valence-electron chi connectivity index (χ0n) is 30.9. The summed E-state index contributed by atoms with van der Waals surface area (Å²) < 4.78 is 81.2. The molecule has 1 aliphatic rings. The monoisotopic (exact) mass is 790 g/mol. The molecule has 16 heteroatoms. The van der Waals surface area contributed by atoms with Gasteiger partial charge in [-0.05, 0) is 54.1 Å². The van der Waals surface area contributed by atoms with E-state index in [-0.39, 0.29) is 16.6 Å². The van der Waals surface area contributed by atoms with E-state index in [1.54, 1.807) is 54.6 Å². The minimum atomic E-state index is -4.37. The first-order valence-electron chi connectivity index (χ1n) is 17.5. The Kier molecular flexibility index (Phi) is 11.7. The van der Waals surface area contributed by atoms with Gasteiger partial charge in [-0.3, -0.25) is 14.2 Å². The van der Waals surface area contributed by atoms with Crippen molar-refractivity contribution >= 4 is 49.1 Å². The van der Waals surface area contributed by atoms with E-state index in [0.717, 1.165) is 27.5 Å². The number of anilines is 2. The first-order valence-corrected chi connectivity index (χ1v) is 19.0. The number of alkyl halides is 3. The molecule has 6 aromatic rings. The molecule has 1 fully saturated rings. The van der Waals surface area contributed by atoms with Gasteiger partial charge in [-0.25, -0.2) is 4.98 Å². The van der Waals surface area contributed by atoms with Crippen LogP contribution in [-0.2, 0) is 23.7 Å². The Hall–Kier alpha value is -5.84. The van der Waals surface area contributed by atoms with Gasteiger partial charge in [0, 0.05) is 87.8 Å². The highest BCUT2D eigenvalue weighted by Crippen LogP contribution is 2.31. The van der Waals surface area contributed by atoms with Crippen molar-refractivity contribution in [2.45, 2.75) is 17.6 Å². The standard InChI is InChI=1S/C28H28F3N5O3.C12H13NO3S/c1-34-24-15-23(39-26-9-5-21(32)16-33-26)8-4-20(24)14-25(34)27(37)36-12-10-35(11-13-36)17-19-2-6-22(7-3-19)38-18-28(29,30)31;1-13(2)11-7-3-6-10-9(11)5-4-8-12(10)17(14,15)16/h2-9,14-16H,10-13,17-18,32H2,1H3;3-8H,1-2H3,(H,14,15,16). The number of rotatable bonds is 9. The Bertz CT molecular complexity index is 2430. The number of halogens is 3. The Morgan fingerprint density at radius 3 is 2.21 bits per heavy atom. The molecule has 12 nitrogen and oxygen atoms in total. The van der Waals surface area contributed by atoms with Crippen LogP contribution in [0.25, 0.3) is 21.7 Å². The fourth-order valence-electron chi connectivity index (χ4n) is 6.42. The number of hydrogen-bond donors (Lipinski definition) is 2. The summed E-state index contributed by atoms with van der Waals surface area (Å²) in [6, 6.07) is 27.8. The number of fused-ring (bicyclic) bond motifs is 2. The summed E-state index contributed by atoms with van der Waals surface area (Å²) in [6.07, 6.45) is -2.84. The molecule has 0 saturated carbocycles. The molecule has 0 bridgehead atoms. The van der Waals surface area contributed by atoms with Crippen molar-refractivity contribution in [2.24, 2.45) is 7.05 Å². The largest absolute Gasteiger partial charge is 0.484 e. The van der Waals surface area contributed by atoms with Crippen LogP contribution in [0, 0.1) is 0 Å². The number of aryl methyl sites for hydroxylation is 1. The minimum Gasteiger partial charge on any atom is -0.484 e. The molecular formula is C40H41F3N6O6S. The van der Waals surface area contributed by atoms with Crippen LogP contribution < -0.4 is 20.1 Å². The number of carbonyl (C=O) groups is 1. The van der Waals surface area contributed by atoms with Gasteiger partial charge in [0.2, 0.25) is 5.88 Å². The summed E-state index contributed by atoms with van der Waals surface area (Å²) >= 11 is 0. The van der Waals surface area contributed by atoms with Crippen LogP contribution in [0.5, 0.6) is 17.4 Å². The Balaban J connectivity index is 0.000000261. The van der Waals surface area contributed by atoms with Crippen LogP contribution in [0.4, 0.5) is 24.5 Å². The molecule has 0 radical (unpaired) electrons. The van der Waals surface area contributed by atoms with E-state index >= 15 is 0 Å². The first kappa shape index (κ1) is 39.8. The summed E-state index contributed by atoms with van der Waals surface area (Å²) in [7, 11) is 1.44. The molecule has 294 valence electrons. The molecule has 3 heterocycles. The van der Waals surface area contributed by atoms with Crippen molar-refractivity contribution in [3.8, 4) is 17.4 Å². The second kappa shape index (κ2) is 16.5. The zero-order chi connectivity index (χ0) is 40.2. The first-order chi connectivity index (χ1) is 26.6. The quantitative estimate of drug-likeness (QED) is 0.147. The lowest BCUT2D eigenvalue weighted by Gasteiger charge is -2.34. The smallest absolute Gasteiger partial charge is 0.422 e. The highest BCUT2D eigenvalue weighted by atomic mass is 32.2. The molecule has 3 N–H and O–H groups in total. The van der Waals surface area contributed by atoms with E-state index in [9.17, 15) is 30.9 Å². The lowest BCUT2D eigenvalue weighted by atomic mass is 10.1. The van der Waals surface area contributed by atoms with Gasteiger partial charge in [0.1, 0.15) is 22.1 Å². The van der Waals surface area contributed by atoms with Gasteiger partial charge >= 0.3 is 6.18 Å². The molecule has 0 atom stereocenters. The molecule has 1 aliphatic heterocycles. The molecule has 4 aromatic carbocycles. The molecule has 7 rings (SSSR count). The number of ether oxygens (including phenoxy) is 2. The zero-order valence-corrected chi connectivity index (χ0v) is 31.7. The molecule has 0 unspecified atom stereocenters. The molecular weight excluding hydrogens is 750 g/mol. The number of aromatic nitrogens is 2. The van der Waals surface area contributed by atoms with Crippen molar-refractivity contribution in [3.05, 3.63) is 115 Å². The number of nitrogens with two attached hydrogens (primary N) is 1. The fourth-order valence-corrected chi connectivity index (χ4v) is 7.12. The van der Waals surface area contributed by atoms with Gasteiger partial charge in [-0.2, -0.15) is 21.6 Å². The van der Waals surface area contributed by atoms with E-state index in [2.05, 4.69) is 9.88 Å². The number of benzene rings is 4. The summed E-state index contributed by atoms with van der Waals surface area (Å²) in [5, 5.41) is 2.26. The predicted octanol–water partition coefficient (Wildman–Crippen LogP) is 7.00. The van der Waals surface area contributed by atoms with Gasteiger partial charge in [0.25, 0.3) is 16.0 Å². The third-order valence-electron chi connectivity index (χ3n) is 9.23. The number of pyridine rings is 1. The fraction of sp³-hybridized carbons (Fsp3) is 0.250. The Morgan fingerprint density at radius 1 is 0.893 bits per heavy atom. The number of nitrogens with zero attached hydrogens (tertiary/aromatic N) is 5. The summed E-state index contributed by atoms with van der Waals surface area (Å²) in [5.41, 5.74) is 9.57. The molecule has 0 spiro atoms. The van der Waals surface area contributed by atoms with Crippen molar-refractivity contribution in [1.29, 1.82) is 0 Å². The lowest BCUT2D eigenvalue weighted by molar-refractivity contribution is -0.153. The molecule has 1 saturated heterocycles.